The van der Waals surface area contributed by atoms with Gasteiger partial charge in [-0.3, -0.25) is 9.80 Å². The number of rotatable bonds is 2. The zero-order valence-electron chi connectivity index (χ0n) is 21.6. The SMILES string of the molecule is CC(C)(C)OC(=O)N1CC=C[C@H]1C(=O)O.CC(C)(C)OC(=O)[C@@H]1C=CCN1C(=O)OC(C)(C)C. The number of nitrogens with zero attached hydrogens (tertiary/aromatic N) is 2. The molecule has 0 saturated heterocycles. The summed E-state index contributed by atoms with van der Waals surface area (Å²) >= 11 is 0. The zero-order valence-corrected chi connectivity index (χ0v) is 21.6. The minimum absolute atomic E-state index is 0.284. The molecule has 0 radical (unpaired) electrons. The Labute approximate surface area is 201 Å². The maximum atomic E-state index is 12.0. The van der Waals surface area contributed by atoms with Crippen molar-refractivity contribution in [3.8, 4) is 0 Å². The summed E-state index contributed by atoms with van der Waals surface area (Å²) in [5.74, 6) is -1.48. The first-order valence-corrected chi connectivity index (χ1v) is 11.1. The number of hydrogen-bond donors (Lipinski definition) is 1. The van der Waals surface area contributed by atoms with Crippen LogP contribution in [0.3, 0.4) is 0 Å². The number of hydrogen-bond acceptors (Lipinski definition) is 7. The summed E-state index contributed by atoms with van der Waals surface area (Å²) in [6.07, 6.45) is 5.44. The standard InChI is InChI=1S/C14H23NO4.C10H15NO4/c1-13(2,3)18-11(16)10-8-7-9-15(10)12(17)19-14(4,5)6;1-10(2,3)15-9(14)11-6-4-5-7(11)8(12)13/h7-8,10H,9H2,1-6H3;4-5,7H,6H2,1-3H3,(H,12,13)/t10-;7-/m00/s1. The van der Waals surface area contributed by atoms with E-state index in [9.17, 15) is 19.2 Å². The zero-order chi connectivity index (χ0) is 26.5. The summed E-state index contributed by atoms with van der Waals surface area (Å²) in [7, 11) is 0. The van der Waals surface area contributed by atoms with Gasteiger partial charge in [0.2, 0.25) is 0 Å². The number of carbonyl (C=O) groups is 4. The van der Waals surface area contributed by atoms with Crippen LogP contribution in [0.5, 0.6) is 0 Å². The molecule has 1 N–H and O–H groups in total. The molecule has 34 heavy (non-hydrogen) atoms. The molecule has 0 aromatic rings. The van der Waals surface area contributed by atoms with E-state index in [1.54, 1.807) is 80.5 Å². The number of carboxylic acids is 1. The molecule has 2 amide bonds. The van der Waals surface area contributed by atoms with E-state index in [0.717, 1.165) is 0 Å². The maximum Gasteiger partial charge on any atom is 0.411 e. The van der Waals surface area contributed by atoms with Crippen LogP contribution in [0, 0.1) is 0 Å². The Morgan fingerprint density at radius 2 is 1.03 bits per heavy atom. The van der Waals surface area contributed by atoms with E-state index in [1.165, 1.54) is 15.9 Å². The molecular weight excluding hydrogens is 444 g/mol. The highest BCUT2D eigenvalue weighted by Gasteiger charge is 2.36. The molecule has 0 fully saturated rings. The molecule has 0 aromatic carbocycles. The minimum Gasteiger partial charge on any atom is -0.479 e. The molecule has 0 bridgehead atoms. The summed E-state index contributed by atoms with van der Waals surface area (Å²) in [6.45, 7) is 16.6. The van der Waals surface area contributed by atoms with Crippen molar-refractivity contribution in [2.24, 2.45) is 0 Å². The third-order valence-corrected chi connectivity index (χ3v) is 4.07. The van der Waals surface area contributed by atoms with Crippen molar-refractivity contribution >= 4 is 24.1 Å². The number of ether oxygens (including phenoxy) is 3. The Morgan fingerprint density at radius 1 is 0.676 bits per heavy atom. The van der Waals surface area contributed by atoms with Crippen LogP contribution in [0.15, 0.2) is 24.3 Å². The second-order valence-corrected chi connectivity index (χ2v) is 10.9. The molecule has 0 aromatic heterocycles. The fourth-order valence-electron chi connectivity index (χ4n) is 2.84. The lowest BCUT2D eigenvalue weighted by atomic mass is 10.2. The van der Waals surface area contributed by atoms with Gasteiger partial charge in [0.05, 0.1) is 0 Å². The molecule has 0 unspecified atom stereocenters. The largest absolute Gasteiger partial charge is 0.479 e. The third kappa shape index (κ3) is 9.84. The lowest BCUT2D eigenvalue weighted by Gasteiger charge is -2.29. The van der Waals surface area contributed by atoms with Gasteiger partial charge in [-0.2, -0.15) is 0 Å². The first-order chi connectivity index (χ1) is 15.3. The fraction of sp³-hybridized carbons (Fsp3) is 0.667. The molecular formula is C24H38N2O8. The Morgan fingerprint density at radius 3 is 1.38 bits per heavy atom. The summed E-state index contributed by atoms with van der Waals surface area (Å²) in [5, 5.41) is 8.83. The van der Waals surface area contributed by atoms with E-state index in [4.69, 9.17) is 19.3 Å². The Bertz CT molecular complexity index is 827. The van der Waals surface area contributed by atoms with Crippen molar-refractivity contribution < 1.29 is 38.5 Å². The molecule has 0 aliphatic carbocycles. The van der Waals surface area contributed by atoms with E-state index in [-0.39, 0.29) is 6.54 Å². The van der Waals surface area contributed by atoms with Gasteiger partial charge in [0.25, 0.3) is 0 Å². The monoisotopic (exact) mass is 482 g/mol. The van der Waals surface area contributed by atoms with Gasteiger partial charge in [-0.25, -0.2) is 19.2 Å². The van der Waals surface area contributed by atoms with Gasteiger partial charge in [0.15, 0.2) is 12.1 Å². The van der Waals surface area contributed by atoms with E-state index in [1.807, 2.05) is 0 Å². The van der Waals surface area contributed by atoms with Crippen LogP contribution in [-0.4, -0.2) is 81.0 Å². The molecule has 0 saturated carbocycles. The minimum atomic E-state index is -1.05. The van der Waals surface area contributed by atoms with Crippen LogP contribution >= 0.6 is 0 Å². The van der Waals surface area contributed by atoms with Crippen molar-refractivity contribution in [3.05, 3.63) is 24.3 Å². The number of aliphatic carboxylic acids is 1. The van der Waals surface area contributed by atoms with Gasteiger partial charge in [-0.15, -0.1) is 0 Å². The average molecular weight is 483 g/mol. The smallest absolute Gasteiger partial charge is 0.411 e. The van der Waals surface area contributed by atoms with E-state index >= 15 is 0 Å². The molecule has 2 heterocycles. The Kier molecular flexibility index (Phi) is 9.32. The number of esters is 1. The van der Waals surface area contributed by atoms with Crippen LogP contribution in [0.2, 0.25) is 0 Å². The van der Waals surface area contributed by atoms with Gasteiger partial charge in [-0.1, -0.05) is 24.3 Å². The van der Waals surface area contributed by atoms with Gasteiger partial charge < -0.3 is 19.3 Å². The van der Waals surface area contributed by atoms with Crippen LogP contribution < -0.4 is 0 Å². The summed E-state index contributed by atoms with van der Waals surface area (Å²) in [6, 6.07) is -1.60. The average Bonchev–Trinajstić information content (AvgIpc) is 3.27. The predicted octanol–water partition coefficient (Wildman–Crippen LogP) is 3.75. The lowest BCUT2D eigenvalue weighted by Crippen LogP contribution is -2.45. The molecule has 10 heteroatoms. The predicted molar refractivity (Wildman–Crippen MR) is 125 cm³/mol. The third-order valence-electron chi connectivity index (χ3n) is 4.07. The van der Waals surface area contributed by atoms with Crippen molar-refractivity contribution in [2.45, 2.75) is 91.2 Å². The van der Waals surface area contributed by atoms with Crippen molar-refractivity contribution in [1.29, 1.82) is 0 Å². The highest BCUT2D eigenvalue weighted by atomic mass is 16.6. The van der Waals surface area contributed by atoms with Gasteiger partial charge in [0.1, 0.15) is 16.8 Å². The maximum absolute atomic E-state index is 12.0. The first kappa shape index (κ1) is 29.0. The topological polar surface area (TPSA) is 123 Å². The molecule has 2 atom stereocenters. The lowest BCUT2D eigenvalue weighted by molar-refractivity contribution is -0.158. The second-order valence-electron chi connectivity index (χ2n) is 10.9. The van der Waals surface area contributed by atoms with Crippen LogP contribution in [0.4, 0.5) is 9.59 Å². The van der Waals surface area contributed by atoms with Crippen LogP contribution in [-0.2, 0) is 23.8 Å². The van der Waals surface area contributed by atoms with Gasteiger partial charge in [-0.05, 0) is 62.3 Å². The highest BCUT2D eigenvalue weighted by Crippen LogP contribution is 2.19. The molecule has 192 valence electrons. The summed E-state index contributed by atoms with van der Waals surface area (Å²) in [4.78, 5) is 48.9. The van der Waals surface area contributed by atoms with E-state index in [0.29, 0.717) is 6.54 Å². The van der Waals surface area contributed by atoms with Gasteiger partial charge >= 0.3 is 24.1 Å². The molecule has 2 aliphatic rings. The highest BCUT2D eigenvalue weighted by molar-refractivity contribution is 5.85. The Balaban J connectivity index is 0.000000350. The summed E-state index contributed by atoms with van der Waals surface area (Å²) < 4.78 is 15.6. The Hall–Kier alpha value is -3.04. The van der Waals surface area contributed by atoms with Crippen LogP contribution in [0.25, 0.3) is 0 Å². The van der Waals surface area contributed by atoms with Crippen molar-refractivity contribution in [3.63, 3.8) is 0 Å². The second kappa shape index (κ2) is 10.9. The van der Waals surface area contributed by atoms with Crippen molar-refractivity contribution in [2.75, 3.05) is 13.1 Å². The summed E-state index contributed by atoms with van der Waals surface area (Å²) in [5.41, 5.74) is -1.77. The molecule has 10 nitrogen and oxygen atoms in total. The molecule has 2 aliphatic heterocycles. The normalized spacial score (nSPS) is 19.9. The number of amides is 2. The molecule has 0 spiro atoms. The number of carboxylic acid groups (broad SMARTS) is 1. The quantitative estimate of drug-likeness (QED) is 0.359. The first-order valence-electron chi connectivity index (χ1n) is 11.1. The molecule has 2 rings (SSSR count). The number of carbonyl (C=O) groups excluding carboxylic acids is 3. The van der Waals surface area contributed by atoms with Gasteiger partial charge in [0, 0.05) is 13.1 Å². The van der Waals surface area contributed by atoms with E-state index in [2.05, 4.69) is 0 Å². The van der Waals surface area contributed by atoms with E-state index < -0.39 is 53.0 Å². The fourth-order valence-corrected chi connectivity index (χ4v) is 2.84. The van der Waals surface area contributed by atoms with Crippen molar-refractivity contribution in [1.82, 2.24) is 9.80 Å². The van der Waals surface area contributed by atoms with Crippen LogP contribution in [0.1, 0.15) is 62.3 Å².